The molecule has 162 valence electrons. The molecule has 1 aromatic rings. The van der Waals surface area contributed by atoms with Crippen LogP contribution in [0.15, 0.2) is 23.1 Å². The molecule has 1 heterocycles. The van der Waals surface area contributed by atoms with E-state index in [0.717, 1.165) is 6.42 Å². The molecule has 29 heavy (non-hydrogen) atoms. The summed E-state index contributed by atoms with van der Waals surface area (Å²) in [6, 6.07) is 4.49. The second-order valence-corrected chi connectivity index (χ2v) is 9.25. The van der Waals surface area contributed by atoms with Crippen molar-refractivity contribution in [2.75, 3.05) is 29.9 Å². The molecule has 1 aliphatic rings. The molecule has 1 fully saturated rings. The van der Waals surface area contributed by atoms with E-state index in [2.05, 4.69) is 5.32 Å². The quantitative estimate of drug-likeness (QED) is 0.652. The Hall–Kier alpha value is -2.13. The van der Waals surface area contributed by atoms with Crippen LogP contribution in [-0.4, -0.2) is 50.5 Å². The zero-order valence-electron chi connectivity index (χ0n) is 17.6. The summed E-state index contributed by atoms with van der Waals surface area (Å²) in [6.07, 6.45) is 1.52. The molecule has 0 unspecified atom stereocenters. The highest BCUT2D eigenvalue weighted by molar-refractivity contribution is 7.89. The number of nitrogens with one attached hydrogen (secondary N) is 1. The van der Waals surface area contributed by atoms with E-state index in [9.17, 15) is 18.0 Å². The summed E-state index contributed by atoms with van der Waals surface area (Å²) in [5.74, 6) is -0.0560. The molecule has 1 aliphatic heterocycles. The van der Waals surface area contributed by atoms with Gasteiger partial charge >= 0.3 is 6.09 Å². The van der Waals surface area contributed by atoms with Gasteiger partial charge < -0.3 is 9.64 Å². The first-order valence-corrected chi connectivity index (χ1v) is 11.6. The Labute approximate surface area is 173 Å². The Bertz CT molecular complexity index is 833. The fraction of sp³-hybridized carbons (Fsp3) is 0.600. The SMILES string of the molecule is CCCN(CCC)S(=O)(=O)c1ccc(N2CCCC2=O)c(NC(=O)OC(C)C)c1. The third-order valence-electron chi connectivity index (χ3n) is 4.50. The van der Waals surface area contributed by atoms with Gasteiger partial charge in [0.1, 0.15) is 0 Å². The van der Waals surface area contributed by atoms with Gasteiger partial charge in [-0.3, -0.25) is 10.1 Å². The van der Waals surface area contributed by atoms with Crippen LogP contribution in [0.3, 0.4) is 0 Å². The number of ether oxygens (including phenoxy) is 1. The maximum Gasteiger partial charge on any atom is 0.411 e. The van der Waals surface area contributed by atoms with Crippen molar-refractivity contribution in [3.63, 3.8) is 0 Å². The molecular weight excluding hydrogens is 394 g/mol. The van der Waals surface area contributed by atoms with Crippen molar-refractivity contribution in [3.8, 4) is 0 Å². The lowest BCUT2D eigenvalue weighted by Crippen LogP contribution is -2.33. The number of carbonyl (C=O) groups is 2. The number of sulfonamides is 1. The minimum atomic E-state index is -3.72. The number of hydrogen-bond donors (Lipinski definition) is 1. The van der Waals surface area contributed by atoms with Gasteiger partial charge in [0, 0.05) is 26.1 Å². The fourth-order valence-electron chi connectivity index (χ4n) is 3.27. The summed E-state index contributed by atoms with van der Waals surface area (Å²) < 4.78 is 32.8. The van der Waals surface area contributed by atoms with Gasteiger partial charge in [0.05, 0.1) is 22.4 Å². The number of nitrogens with zero attached hydrogens (tertiary/aromatic N) is 2. The normalized spacial score (nSPS) is 14.7. The van der Waals surface area contributed by atoms with Crippen LogP contribution in [0.5, 0.6) is 0 Å². The molecule has 8 nitrogen and oxygen atoms in total. The van der Waals surface area contributed by atoms with Gasteiger partial charge in [0.15, 0.2) is 0 Å². The third kappa shape index (κ3) is 5.70. The van der Waals surface area contributed by atoms with Crippen LogP contribution in [0, 0.1) is 0 Å². The van der Waals surface area contributed by atoms with Crippen molar-refractivity contribution in [3.05, 3.63) is 18.2 Å². The van der Waals surface area contributed by atoms with E-state index >= 15 is 0 Å². The number of carbonyl (C=O) groups excluding carboxylic acids is 2. The number of benzene rings is 1. The van der Waals surface area contributed by atoms with Crippen molar-refractivity contribution >= 4 is 33.4 Å². The molecular formula is C20H31N3O5S. The summed E-state index contributed by atoms with van der Waals surface area (Å²) in [5.41, 5.74) is 0.726. The summed E-state index contributed by atoms with van der Waals surface area (Å²) in [7, 11) is -3.72. The van der Waals surface area contributed by atoms with Crippen molar-refractivity contribution in [1.29, 1.82) is 0 Å². The second kappa shape index (κ2) is 10.1. The van der Waals surface area contributed by atoms with Gasteiger partial charge in [-0.05, 0) is 51.3 Å². The smallest absolute Gasteiger partial charge is 0.411 e. The standard InChI is InChI=1S/C20H31N3O5S/c1-5-11-22(12-6-2)29(26,27)16-9-10-18(23-13-7-8-19(23)24)17(14-16)21-20(25)28-15(3)4/h9-10,14-15H,5-8,11-13H2,1-4H3,(H,21,25). The molecule has 0 bridgehead atoms. The van der Waals surface area contributed by atoms with E-state index in [1.165, 1.54) is 16.4 Å². The van der Waals surface area contributed by atoms with Gasteiger partial charge in [-0.1, -0.05) is 13.8 Å². The van der Waals surface area contributed by atoms with E-state index in [-0.39, 0.29) is 22.6 Å². The Balaban J connectivity index is 2.46. The van der Waals surface area contributed by atoms with Crippen LogP contribution in [0.2, 0.25) is 0 Å². The monoisotopic (exact) mass is 425 g/mol. The number of anilines is 2. The Morgan fingerprint density at radius 3 is 2.41 bits per heavy atom. The molecule has 0 atom stereocenters. The van der Waals surface area contributed by atoms with E-state index in [1.807, 2.05) is 13.8 Å². The van der Waals surface area contributed by atoms with Gasteiger partial charge in [-0.2, -0.15) is 4.31 Å². The maximum atomic E-state index is 13.1. The highest BCUT2D eigenvalue weighted by atomic mass is 32.2. The molecule has 9 heteroatoms. The molecule has 2 rings (SSSR count). The van der Waals surface area contributed by atoms with E-state index in [1.54, 1.807) is 24.8 Å². The number of hydrogen-bond acceptors (Lipinski definition) is 5. The number of rotatable bonds is 9. The average molecular weight is 426 g/mol. The molecule has 0 aromatic heterocycles. The topological polar surface area (TPSA) is 96.0 Å². The first-order valence-electron chi connectivity index (χ1n) is 10.1. The number of amides is 2. The highest BCUT2D eigenvalue weighted by Gasteiger charge is 2.28. The lowest BCUT2D eigenvalue weighted by Gasteiger charge is -2.24. The van der Waals surface area contributed by atoms with Crippen LogP contribution >= 0.6 is 0 Å². The zero-order valence-corrected chi connectivity index (χ0v) is 18.4. The minimum absolute atomic E-state index is 0.0560. The highest BCUT2D eigenvalue weighted by Crippen LogP contribution is 2.33. The van der Waals surface area contributed by atoms with Crippen molar-refractivity contribution in [2.24, 2.45) is 0 Å². The molecule has 0 spiro atoms. The van der Waals surface area contributed by atoms with E-state index < -0.39 is 16.1 Å². The molecule has 1 N–H and O–H groups in total. The minimum Gasteiger partial charge on any atom is -0.447 e. The van der Waals surface area contributed by atoms with Crippen LogP contribution in [-0.2, 0) is 19.6 Å². The van der Waals surface area contributed by atoms with E-state index in [4.69, 9.17) is 4.74 Å². The summed E-state index contributed by atoms with van der Waals surface area (Å²) in [4.78, 5) is 26.0. The largest absolute Gasteiger partial charge is 0.447 e. The van der Waals surface area contributed by atoms with Gasteiger partial charge in [-0.15, -0.1) is 0 Å². The molecule has 1 saturated heterocycles. The fourth-order valence-corrected chi connectivity index (χ4v) is 4.92. The second-order valence-electron chi connectivity index (χ2n) is 7.31. The van der Waals surface area contributed by atoms with Gasteiger partial charge in [0.25, 0.3) is 0 Å². The molecule has 2 amide bonds. The van der Waals surface area contributed by atoms with Crippen molar-refractivity contribution < 1.29 is 22.7 Å². The first-order chi connectivity index (χ1) is 13.7. The van der Waals surface area contributed by atoms with Crippen molar-refractivity contribution in [2.45, 2.75) is 64.4 Å². The summed E-state index contributed by atoms with van der Waals surface area (Å²) in [5, 5.41) is 2.62. The first kappa shape index (κ1) is 23.2. The lowest BCUT2D eigenvalue weighted by atomic mass is 10.2. The third-order valence-corrected chi connectivity index (χ3v) is 6.39. The van der Waals surface area contributed by atoms with E-state index in [0.29, 0.717) is 44.6 Å². The lowest BCUT2D eigenvalue weighted by molar-refractivity contribution is -0.117. The maximum absolute atomic E-state index is 13.1. The molecule has 0 radical (unpaired) electrons. The Morgan fingerprint density at radius 1 is 1.24 bits per heavy atom. The molecule has 1 aromatic carbocycles. The zero-order chi connectivity index (χ0) is 21.6. The van der Waals surface area contributed by atoms with Gasteiger partial charge in [0.2, 0.25) is 15.9 Å². The van der Waals surface area contributed by atoms with Crippen LogP contribution in [0.4, 0.5) is 16.2 Å². The predicted octanol–water partition coefficient (Wildman–Crippen LogP) is 3.58. The Morgan fingerprint density at radius 2 is 1.90 bits per heavy atom. The summed E-state index contributed by atoms with van der Waals surface area (Å²) in [6.45, 7) is 8.65. The summed E-state index contributed by atoms with van der Waals surface area (Å²) >= 11 is 0. The van der Waals surface area contributed by atoms with Crippen molar-refractivity contribution in [1.82, 2.24) is 4.31 Å². The van der Waals surface area contributed by atoms with Crippen LogP contribution in [0.1, 0.15) is 53.4 Å². The average Bonchev–Trinajstić information content (AvgIpc) is 3.06. The molecule has 0 saturated carbocycles. The van der Waals surface area contributed by atoms with Crippen LogP contribution < -0.4 is 10.2 Å². The van der Waals surface area contributed by atoms with Crippen LogP contribution in [0.25, 0.3) is 0 Å². The molecule has 0 aliphatic carbocycles. The van der Waals surface area contributed by atoms with Gasteiger partial charge in [-0.25, -0.2) is 13.2 Å². The predicted molar refractivity (Wildman–Crippen MR) is 113 cm³/mol. The Kier molecular flexibility index (Phi) is 8.04.